The molecule has 1 fully saturated rings. The first kappa shape index (κ1) is 14.4. The van der Waals surface area contributed by atoms with Crippen molar-refractivity contribution in [3.8, 4) is 0 Å². The van der Waals surface area contributed by atoms with E-state index in [1.807, 2.05) is 4.90 Å². The molecule has 0 amide bonds. The first-order chi connectivity index (χ1) is 7.98. The highest BCUT2D eigenvalue weighted by Crippen LogP contribution is 2.05. The topological polar surface area (TPSA) is 75.7 Å². The molecular formula is C10H20N2O4S. The molecule has 1 saturated heterocycles. The van der Waals surface area contributed by atoms with Crippen LogP contribution >= 0.6 is 0 Å². The Morgan fingerprint density at radius 1 is 1.41 bits per heavy atom. The van der Waals surface area contributed by atoms with Crippen LogP contribution in [0.1, 0.15) is 6.92 Å². The molecule has 17 heavy (non-hydrogen) atoms. The minimum absolute atomic E-state index is 0.173. The molecule has 1 aliphatic rings. The SMILES string of the molecule is CCOC(=O)C(CN1CCS(=O)(=O)CC1)NC. The van der Waals surface area contributed by atoms with Gasteiger partial charge in [0.25, 0.3) is 0 Å². The summed E-state index contributed by atoms with van der Waals surface area (Å²) in [5, 5.41) is 2.89. The lowest BCUT2D eigenvalue weighted by Gasteiger charge is -2.29. The van der Waals surface area contributed by atoms with Crippen molar-refractivity contribution in [2.45, 2.75) is 13.0 Å². The number of nitrogens with zero attached hydrogens (tertiary/aromatic N) is 1. The third-order valence-electron chi connectivity index (χ3n) is 2.80. The number of carbonyl (C=O) groups is 1. The van der Waals surface area contributed by atoms with Gasteiger partial charge >= 0.3 is 5.97 Å². The van der Waals surface area contributed by atoms with Crippen LogP contribution in [0.3, 0.4) is 0 Å². The van der Waals surface area contributed by atoms with Crippen LogP contribution in [0.4, 0.5) is 0 Å². The zero-order valence-corrected chi connectivity index (χ0v) is 11.1. The van der Waals surface area contributed by atoms with E-state index in [2.05, 4.69) is 5.32 Å². The number of rotatable bonds is 5. The first-order valence-electron chi connectivity index (χ1n) is 5.75. The van der Waals surface area contributed by atoms with E-state index < -0.39 is 15.9 Å². The second-order valence-corrected chi connectivity index (χ2v) is 6.35. The van der Waals surface area contributed by atoms with Gasteiger partial charge in [-0.05, 0) is 14.0 Å². The summed E-state index contributed by atoms with van der Waals surface area (Å²) < 4.78 is 27.4. The third-order valence-corrected chi connectivity index (χ3v) is 4.41. The predicted molar refractivity (Wildman–Crippen MR) is 64.6 cm³/mol. The normalized spacial score (nSPS) is 22.0. The van der Waals surface area contributed by atoms with Crippen molar-refractivity contribution in [2.24, 2.45) is 0 Å². The van der Waals surface area contributed by atoms with Crippen LogP contribution in [0.15, 0.2) is 0 Å². The molecule has 6 nitrogen and oxygen atoms in total. The van der Waals surface area contributed by atoms with Crippen LogP contribution in [-0.2, 0) is 19.4 Å². The average molecular weight is 264 g/mol. The van der Waals surface area contributed by atoms with Gasteiger partial charge in [0.1, 0.15) is 6.04 Å². The number of ether oxygens (including phenoxy) is 1. The van der Waals surface area contributed by atoms with E-state index in [-0.39, 0.29) is 17.5 Å². The Hall–Kier alpha value is -0.660. The Morgan fingerprint density at radius 3 is 2.47 bits per heavy atom. The maximum atomic E-state index is 11.5. The number of sulfone groups is 1. The molecule has 0 spiro atoms. The largest absolute Gasteiger partial charge is 0.465 e. The van der Waals surface area contributed by atoms with Gasteiger partial charge in [0.05, 0.1) is 18.1 Å². The van der Waals surface area contributed by atoms with Crippen LogP contribution in [0.2, 0.25) is 0 Å². The first-order valence-corrected chi connectivity index (χ1v) is 7.57. The van der Waals surface area contributed by atoms with Crippen LogP contribution < -0.4 is 5.32 Å². The molecule has 0 aliphatic carbocycles. The highest BCUT2D eigenvalue weighted by Gasteiger charge is 2.26. The quantitative estimate of drug-likeness (QED) is 0.633. The molecule has 1 N–H and O–H groups in total. The van der Waals surface area contributed by atoms with E-state index in [9.17, 15) is 13.2 Å². The molecule has 1 aliphatic heterocycles. The number of nitrogens with one attached hydrogen (secondary N) is 1. The summed E-state index contributed by atoms with van der Waals surface area (Å²) in [6.45, 7) is 3.58. The number of hydrogen-bond acceptors (Lipinski definition) is 6. The number of esters is 1. The van der Waals surface area contributed by atoms with Crippen LogP contribution in [0.25, 0.3) is 0 Å². The van der Waals surface area contributed by atoms with E-state index in [0.29, 0.717) is 26.2 Å². The second-order valence-electron chi connectivity index (χ2n) is 4.05. The Labute approximate surface area is 102 Å². The van der Waals surface area contributed by atoms with Crippen LogP contribution in [0, 0.1) is 0 Å². The summed E-state index contributed by atoms with van der Waals surface area (Å²) in [5.74, 6) is 0.0573. The van der Waals surface area contributed by atoms with E-state index in [4.69, 9.17) is 4.74 Å². The molecule has 7 heteroatoms. The highest BCUT2D eigenvalue weighted by molar-refractivity contribution is 7.91. The van der Waals surface area contributed by atoms with Crippen molar-refractivity contribution in [1.29, 1.82) is 0 Å². The van der Waals surface area contributed by atoms with Crippen molar-refractivity contribution >= 4 is 15.8 Å². The standard InChI is InChI=1S/C10H20N2O4S/c1-3-16-10(13)9(11-2)8-12-4-6-17(14,15)7-5-12/h9,11H,3-8H2,1-2H3. The lowest BCUT2D eigenvalue weighted by atomic mass is 10.2. The fourth-order valence-corrected chi connectivity index (χ4v) is 2.99. The summed E-state index contributed by atoms with van der Waals surface area (Å²) in [5.41, 5.74) is 0. The van der Waals surface area contributed by atoms with Gasteiger partial charge in [0.15, 0.2) is 9.84 Å². The van der Waals surface area contributed by atoms with Gasteiger partial charge in [0, 0.05) is 19.6 Å². The highest BCUT2D eigenvalue weighted by atomic mass is 32.2. The lowest BCUT2D eigenvalue weighted by Crippen LogP contribution is -2.50. The third kappa shape index (κ3) is 4.61. The van der Waals surface area contributed by atoms with Crippen molar-refractivity contribution in [3.05, 3.63) is 0 Å². The molecule has 0 aromatic carbocycles. The van der Waals surface area contributed by atoms with Crippen LogP contribution in [0.5, 0.6) is 0 Å². The minimum atomic E-state index is -2.87. The maximum Gasteiger partial charge on any atom is 0.324 e. The van der Waals surface area contributed by atoms with Gasteiger partial charge in [-0.25, -0.2) is 8.42 Å². The van der Waals surface area contributed by atoms with E-state index in [0.717, 1.165) is 0 Å². The Kier molecular flexibility index (Phi) is 5.35. The number of carbonyl (C=O) groups excluding carboxylic acids is 1. The average Bonchev–Trinajstić information content (AvgIpc) is 2.28. The lowest BCUT2D eigenvalue weighted by molar-refractivity contribution is -0.146. The van der Waals surface area contributed by atoms with Crippen molar-refractivity contribution < 1.29 is 17.9 Å². The summed E-state index contributed by atoms with van der Waals surface area (Å²) >= 11 is 0. The predicted octanol–water partition coefficient (Wildman–Crippen LogP) is -1.13. The van der Waals surface area contributed by atoms with E-state index in [1.54, 1.807) is 14.0 Å². The van der Waals surface area contributed by atoms with Gasteiger partial charge in [-0.2, -0.15) is 0 Å². The summed E-state index contributed by atoms with van der Waals surface area (Å²) in [4.78, 5) is 13.5. The van der Waals surface area contributed by atoms with E-state index in [1.165, 1.54) is 0 Å². The van der Waals surface area contributed by atoms with Gasteiger partial charge in [-0.1, -0.05) is 0 Å². The number of hydrogen-bond donors (Lipinski definition) is 1. The molecule has 100 valence electrons. The summed E-state index contributed by atoms with van der Waals surface area (Å²) in [6.07, 6.45) is 0. The maximum absolute atomic E-state index is 11.5. The molecule has 1 rings (SSSR count). The Morgan fingerprint density at radius 2 is 2.00 bits per heavy atom. The smallest absolute Gasteiger partial charge is 0.324 e. The monoisotopic (exact) mass is 264 g/mol. The molecule has 0 bridgehead atoms. The van der Waals surface area contributed by atoms with Gasteiger partial charge in [0.2, 0.25) is 0 Å². The van der Waals surface area contributed by atoms with Crippen molar-refractivity contribution in [2.75, 3.05) is 44.8 Å². The van der Waals surface area contributed by atoms with Crippen molar-refractivity contribution in [1.82, 2.24) is 10.2 Å². The molecular weight excluding hydrogens is 244 g/mol. The zero-order chi connectivity index (χ0) is 12.9. The Balaban J connectivity index is 2.44. The van der Waals surface area contributed by atoms with Crippen LogP contribution in [-0.4, -0.2) is 70.1 Å². The molecule has 0 saturated carbocycles. The molecule has 1 unspecified atom stereocenters. The fourth-order valence-electron chi connectivity index (χ4n) is 1.72. The van der Waals surface area contributed by atoms with Gasteiger partial charge < -0.3 is 10.1 Å². The Bertz CT molecular complexity index is 341. The van der Waals surface area contributed by atoms with Crippen molar-refractivity contribution in [3.63, 3.8) is 0 Å². The second kappa shape index (κ2) is 6.32. The molecule has 1 atom stereocenters. The minimum Gasteiger partial charge on any atom is -0.465 e. The molecule has 0 aromatic rings. The van der Waals surface area contributed by atoms with E-state index >= 15 is 0 Å². The van der Waals surface area contributed by atoms with Gasteiger partial charge in [-0.15, -0.1) is 0 Å². The zero-order valence-electron chi connectivity index (χ0n) is 10.3. The summed E-state index contributed by atoms with van der Waals surface area (Å²) in [7, 11) is -1.17. The number of likely N-dealkylation sites (N-methyl/N-ethyl adjacent to an activating group) is 1. The fraction of sp³-hybridized carbons (Fsp3) is 0.900. The van der Waals surface area contributed by atoms with Gasteiger partial charge in [-0.3, -0.25) is 9.69 Å². The molecule has 0 aromatic heterocycles. The summed E-state index contributed by atoms with van der Waals surface area (Å²) in [6, 6.07) is -0.393. The molecule has 0 radical (unpaired) electrons. The molecule has 1 heterocycles.